The summed E-state index contributed by atoms with van der Waals surface area (Å²) in [4.78, 5) is 17.7. The van der Waals surface area contributed by atoms with Crippen LogP contribution < -0.4 is 9.64 Å². The molecule has 1 N–H and O–H groups in total. The first-order valence-corrected chi connectivity index (χ1v) is 15.0. The van der Waals surface area contributed by atoms with E-state index in [0.717, 1.165) is 80.8 Å². The molecule has 2 saturated carbocycles. The Hall–Kier alpha value is -4.22. The molecule has 4 aromatic rings. The fraction of sp³-hybridized carbons (Fsp3) is 0.424. The molecule has 0 radical (unpaired) electrons. The lowest BCUT2D eigenvalue weighted by molar-refractivity contribution is -0.137. The molecule has 0 atom stereocenters. The number of rotatable bonds is 8. The number of piperidine rings is 1. The van der Waals surface area contributed by atoms with Crippen LogP contribution in [0.5, 0.6) is 5.75 Å². The van der Waals surface area contributed by atoms with Crippen molar-refractivity contribution in [3.63, 3.8) is 0 Å². The monoisotopic (exact) mass is 627 g/mol. The van der Waals surface area contributed by atoms with Gasteiger partial charge in [0.2, 0.25) is 0 Å². The summed E-state index contributed by atoms with van der Waals surface area (Å²) >= 11 is 0. The lowest BCUT2D eigenvalue weighted by Gasteiger charge is -2.53. The van der Waals surface area contributed by atoms with Crippen LogP contribution in [0, 0.1) is 11.3 Å². The number of hydrogen-bond donors (Lipinski definition) is 1. The number of anilines is 1. The Balaban J connectivity index is 1.05. The average Bonchev–Trinajstić information content (AvgIpc) is 3.75. The molecule has 45 heavy (non-hydrogen) atoms. The first-order valence-electron chi connectivity index (χ1n) is 15.0. The van der Waals surface area contributed by atoms with E-state index in [2.05, 4.69) is 19.8 Å². The topological polar surface area (TPSA) is 88.7 Å². The lowest BCUT2D eigenvalue weighted by atomic mass is 9.56. The van der Waals surface area contributed by atoms with E-state index >= 15 is 0 Å². The number of hydrogen-bond acceptors (Lipinski definition) is 6. The van der Waals surface area contributed by atoms with Crippen molar-refractivity contribution < 1.29 is 41.1 Å². The highest BCUT2D eigenvalue weighted by Crippen LogP contribution is 2.55. The largest absolute Gasteiger partial charge is 0.477 e. The Morgan fingerprint density at radius 2 is 1.82 bits per heavy atom. The van der Waals surface area contributed by atoms with Gasteiger partial charge < -0.3 is 19.3 Å². The van der Waals surface area contributed by atoms with Crippen LogP contribution in [0.15, 0.2) is 53.1 Å². The Labute approximate surface area is 255 Å². The molecule has 0 bridgehead atoms. The number of carbonyl (C=O) groups is 1. The van der Waals surface area contributed by atoms with E-state index in [4.69, 9.17) is 4.52 Å². The van der Waals surface area contributed by atoms with Crippen molar-refractivity contribution in [2.45, 2.75) is 63.7 Å². The summed E-state index contributed by atoms with van der Waals surface area (Å²) in [6.07, 6.45) is 1.79. The van der Waals surface area contributed by atoms with Gasteiger partial charge in [-0.1, -0.05) is 23.4 Å². The predicted molar refractivity (Wildman–Crippen MR) is 155 cm³/mol. The minimum atomic E-state index is -4.50. The normalized spacial score (nSPS) is 18.5. The zero-order chi connectivity index (χ0) is 31.5. The van der Waals surface area contributed by atoms with E-state index in [1.54, 1.807) is 24.3 Å². The van der Waals surface area contributed by atoms with Crippen LogP contribution in [0.25, 0.3) is 22.2 Å². The molecule has 3 aliphatic rings. The summed E-state index contributed by atoms with van der Waals surface area (Å²) in [5, 5.41) is 13.8. The maximum Gasteiger partial charge on any atom is 0.417 e. The number of ether oxygens (including phenoxy) is 1. The van der Waals surface area contributed by atoms with Gasteiger partial charge in [0.15, 0.2) is 5.69 Å². The van der Waals surface area contributed by atoms with Gasteiger partial charge in [0.1, 0.15) is 17.2 Å². The van der Waals surface area contributed by atoms with E-state index < -0.39 is 24.3 Å². The molecule has 3 heterocycles. The maximum absolute atomic E-state index is 13.8. The second kappa shape index (κ2) is 11.0. The highest BCUT2D eigenvalue weighted by atomic mass is 19.4. The molecular weight excluding hydrogens is 597 g/mol. The number of halogens is 5. The zero-order valence-corrected chi connectivity index (χ0v) is 24.1. The summed E-state index contributed by atoms with van der Waals surface area (Å²) in [6, 6.07) is 11.7. The van der Waals surface area contributed by atoms with Crippen LogP contribution in [0.1, 0.15) is 71.8 Å². The second-order valence-corrected chi connectivity index (χ2v) is 12.5. The van der Waals surface area contributed by atoms with Crippen molar-refractivity contribution in [2.75, 3.05) is 18.0 Å². The Bertz CT molecular complexity index is 1750. The Kier molecular flexibility index (Phi) is 7.20. The molecule has 7 rings (SSSR count). The van der Waals surface area contributed by atoms with Crippen LogP contribution in [-0.2, 0) is 12.6 Å². The third-order valence-corrected chi connectivity index (χ3v) is 9.57. The van der Waals surface area contributed by atoms with Crippen molar-refractivity contribution in [3.05, 3.63) is 71.1 Å². The SMILES string of the molecule is O=C(O)c1cc(OC(F)F)c2cc(N3CCC4(CC3)CC(Cc3c(-c5ccccc5C(F)(F)F)noc3C3CC3)C4)ccc2n1. The number of nitrogens with zero attached hydrogens (tertiary/aromatic N) is 3. The van der Waals surface area contributed by atoms with Crippen LogP contribution in [-0.4, -0.2) is 40.9 Å². The van der Waals surface area contributed by atoms with Crippen molar-refractivity contribution in [1.82, 2.24) is 10.1 Å². The van der Waals surface area contributed by atoms with Gasteiger partial charge in [-0.3, -0.25) is 0 Å². The Morgan fingerprint density at radius 3 is 2.49 bits per heavy atom. The molecule has 1 aliphatic heterocycles. The number of aromatic carboxylic acids is 1. The van der Waals surface area contributed by atoms with E-state index in [0.29, 0.717) is 23.4 Å². The third kappa shape index (κ3) is 5.70. The number of carboxylic acid groups (broad SMARTS) is 1. The van der Waals surface area contributed by atoms with Crippen LogP contribution in [0.2, 0.25) is 0 Å². The predicted octanol–water partition coefficient (Wildman–Crippen LogP) is 8.32. The molecule has 1 spiro atoms. The number of alkyl halides is 5. The number of pyridine rings is 1. The molecule has 0 amide bonds. The summed E-state index contributed by atoms with van der Waals surface area (Å²) in [5.74, 6) is -0.309. The molecule has 3 fully saturated rings. The van der Waals surface area contributed by atoms with Gasteiger partial charge in [-0.05, 0) is 80.5 Å². The quantitative estimate of drug-likeness (QED) is 0.197. The van der Waals surface area contributed by atoms with Gasteiger partial charge in [0, 0.05) is 47.3 Å². The summed E-state index contributed by atoms with van der Waals surface area (Å²) in [5.41, 5.74) is 1.29. The lowest BCUT2D eigenvalue weighted by Crippen LogP contribution is -2.47. The molecule has 2 aliphatic carbocycles. The zero-order valence-electron chi connectivity index (χ0n) is 24.1. The van der Waals surface area contributed by atoms with Crippen molar-refractivity contribution in [1.29, 1.82) is 0 Å². The summed E-state index contributed by atoms with van der Waals surface area (Å²) in [7, 11) is 0. The number of benzene rings is 2. The van der Waals surface area contributed by atoms with Gasteiger partial charge in [-0.15, -0.1) is 0 Å². The molecule has 236 valence electrons. The van der Waals surface area contributed by atoms with Crippen molar-refractivity contribution in [3.8, 4) is 17.0 Å². The van der Waals surface area contributed by atoms with E-state index in [-0.39, 0.29) is 33.9 Å². The highest BCUT2D eigenvalue weighted by Gasteiger charge is 2.47. The third-order valence-electron chi connectivity index (χ3n) is 9.57. The van der Waals surface area contributed by atoms with E-state index in [1.165, 1.54) is 12.1 Å². The first kappa shape index (κ1) is 29.5. The number of carboxylic acids is 1. The molecule has 2 aromatic carbocycles. The molecule has 12 heteroatoms. The van der Waals surface area contributed by atoms with Gasteiger partial charge in [-0.2, -0.15) is 22.0 Å². The fourth-order valence-electron chi connectivity index (χ4n) is 7.26. The minimum Gasteiger partial charge on any atom is -0.477 e. The molecular formula is C33H30F5N3O4. The van der Waals surface area contributed by atoms with Crippen LogP contribution in [0.4, 0.5) is 27.6 Å². The summed E-state index contributed by atoms with van der Waals surface area (Å²) < 4.78 is 78.1. The van der Waals surface area contributed by atoms with Crippen LogP contribution in [0.3, 0.4) is 0 Å². The van der Waals surface area contributed by atoms with E-state index in [1.807, 2.05) is 0 Å². The smallest absolute Gasteiger partial charge is 0.417 e. The Morgan fingerprint density at radius 1 is 1.09 bits per heavy atom. The fourth-order valence-corrected chi connectivity index (χ4v) is 7.26. The average molecular weight is 628 g/mol. The molecule has 7 nitrogen and oxygen atoms in total. The van der Waals surface area contributed by atoms with Gasteiger partial charge >= 0.3 is 18.8 Å². The summed E-state index contributed by atoms with van der Waals surface area (Å²) in [6.45, 7) is -1.63. The molecule has 0 unspecified atom stereocenters. The first-order chi connectivity index (χ1) is 21.5. The molecule has 1 saturated heterocycles. The number of fused-ring (bicyclic) bond motifs is 1. The minimum absolute atomic E-state index is 0.0601. The van der Waals surface area contributed by atoms with E-state index in [9.17, 15) is 31.9 Å². The standard InChI is InChI=1S/C33H30F5N3O4/c34-31(35)44-27-15-26(30(42)43)39-25-8-7-20(14-22(25)27)41-11-9-32(10-12-41)16-18(17-32)13-23-28(40-45-29(23)19-5-6-19)21-3-1-2-4-24(21)33(36,37)38/h1-4,7-8,14-15,18-19,31H,5-6,9-13,16-17H2,(H,42,43). The van der Waals surface area contributed by atoms with Gasteiger partial charge in [-0.25, -0.2) is 9.78 Å². The second-order valence-electron chi connectivity index (χ2n) is 12.5. The van der Waals surface area contributed by atoms with Gasteiger partial charge in [0.05, 0.1) is 11.1 Å². The molecule has 2 aromatic heterocycles. The highest BCUT2D eigenvalue weighted by molar-refractivity contribution is 5.94. The number of aromatic nitrogens is 2. The maximum atomic E-state index is 13.8. The van der Waals surface area contributed by atoms with Crippen LogP contribution >= 0.6 is 0 Å². The van der Waals surface area contributed by atoms with Crippen molar-refractivity contribution >= 4 is 22.6 Å². The van der Waals surface area contributed by atoms with Gasteiger partial charge in [0.25, 0.3) is 0 Å². The van der Waals surface area contributed by atoms with Crippen molar-refractivity contribution in [2.24, 2.45) is 11.3 Å².